The minimum Gasteiger partial charge on any atom is -0.306 e. The highest BCUT2D eigenvalue weighted by molar-refractivity contribution is 7.26. The number of thiophene rings is 1. The van der Waals surface area contributed by atoms with Crippen LogP contribution in [0.25, 0.3) is 58.8 Å². The summed E-state index contributed by atoms with van der Waals surface area (Å²) < 4.78 is 4.76. The number of benzene rings is 4. The summed E-state index contributed by atoms with van der Waals surface area (Å²) in [6.07, 6.45) is 1.79. The lowest BCUT2D eigenvalue weighted by molar-refractivity contribution is 1.12. The Morgan fingerprint density at radius 1 is 0.706 bits per heavy atom. The number of pyridine rings is 1. The van der Waals surface area contributed by atoms with Crippen LogP contribution in [-0.2, 0) is 0 Å². The summed E-state index contributed by atoms with van der Waals surface area (Å²) in [5, 5.41) is 14.9. The lowest BCUT2D eigenvalue weighted by atomic mass is 10.1. The van der Waals surface area contributed by atoms with Crippen molar-refractivity contribution in [3.8, 4) is 22.9 Å². The molecule has 4 heteroatoms. The van der Waals surface area contributed by atoms with Gasteiger partial charge in [0.1, 0.15) is 6.07 Å². The van der Waals surface area contributed by atoms with Crippen LogP contribution in [-0.4, -0.2) is 9.55 Å². The maximum absolute atomic E-state index is 9.97. The van der Waals surface area contributed by atoms with Gasteiger partial charge in [-0.15, -0.1) is 11.3 Å². The molecule has 0 unspecified atom stereocenters. The number of hydrogen-bond donors (Lipinski definition) is 0. The van der Waals surface area contributed by atoms with Crippen molar-refractivity contribution in [2.24, 2.45) is 0 Å². The third kappa shape index (κ3) is 2.65. The van der Waals surface area contributed by atoms with Crippen molar-refractivity contribution in [2.75, 3.05) is 0 Å². The van der Waals surface area contributed by atoms with E-state index >= 15 is 0 Å². The van der Waals surface area contributed by atoms with Crippen molar-refractivity contribution >= 4 is 53.3 Å². The van der Waals surface area contributed by atoms with Gasteiger partial charge in [0.15, 0.2) is 5.69 Å². The number of para-hydroxylation sites is 1. The van der Waals surface area contributed by atoms with E-state index < -0.39 is 0 Å². The summed E-state index contributed by atoms with van der Waals surface area (Å²) >= 11 is 1.83. The number of aromatic nitrogens is 2. The maximum Gasteiger partial charge on any atom is 0.164 e. The zero-order chi connectivity index (χ0) is 22.6. The summed E-state index contributed by atoms with van der Waals surface area (Å²) in [4.78, 5) is 4.56. The SMILES string of the molecule is N#Cc1ncc(-c2ccccc2)cc1-n1c2ccccc2c2c3sc4ccccc4c3ccc21. The second-order valence-corrected chi connectivity index (χ2v) is 9.41. The Balaban J connectivity index is 1.63. The molecule has 0 fully saturated rings. The molecular formula is C30H17N3S. The Bertz CT molecular complexity index is 1920. The van der Waals surface area contributed by atoms with Crippen LogP contribution < -0.4 is 0 Å². The molecule has 7 aromatic rings. The highest BCUT2D eigenvalue weighted by Crippen LogP contribution is 2.43. The van der Waals surface area contributed by atoms with Gasteiger partial charge in [-0.2, -0.15) is 5.26 Å². The Kier molecular flexibility index (Phi) is 4.08. The smallest absolute Gasteiger partial charge is 0.164 e. The number of nitrogens with zero attached hydrogens (tertiary/aromatic N) is 3. The Hall–Kier alpha value is -4.46. The quantitative estimate of drug-likeness (QED) is 0.266. The molecule has 0 radical (unpaired) electrons. The molecule has 4 aromatic carbocycles. The molecule has 0 bridgehead atoms. The molecule has 0 atom stereocenters. The first-order valence-electron chi connectivity index (χ1n) is 11.1. The molecule has 158 valence electrons. The fourth-order valence-electron chi connectivity index (χ4n) is 4.99. The fourth-order valence-corrected chi connectivity index (χ4v) is 6.25. The number of hydrogen-bond acceptors (Lipinski definition) is 3. The highest BCUT2D eigenvalue weighted by Gasteiger charge is 2.19. The minimum absolute atomic E-state index is 0.416. The van der Waals surface area contributed by atoms with Crippen molar-refractivity contribution in [3.63, 3.8) is 0 Å². The van der Waals surface area contributed by atoms with Crippen LogP contribution in [0.15, 0.2) is 103 Å². The molecule has 3 heterocycles. The largest absolute Gasteiger partial charge is 0.306 e. The molecule has 3 aromatic heterocycles. The van der Waals surface area contributed by atoms with E-state index in [2.05, 4.69) is 94.5 Å². The van der Waals surface area contributed by atoms with Crippen molar-refractivity contribution in [2.45, 2.75) is 0 Å². The molecule has 34 heavy (non-hydrogen) atoms. The Morgan fingerprint density at radius 3 is 2.32 bits per heavy atom. The van der Waals surface area contributed by atoms with Gasteiger partial charge in [0, 0.05) is 42.7 Å². The third-order valence-electron chi connectivity index (χ3n) is 6.50. The number of rotatable bonds is 2. The van der Waals surface area contributed by atoms with Gasteiger partial charge in [-0.3, -0.25) is 0 Å². The molecule has 0 saturated carbocycles. The maximum atomic E-state index is 9.97. The van der Waals surface area contributed by atoms with Gasteiger partial charge in [0.05, 0.1) is 16.7 Å². The molecule has 0 aliphatic carbocycles. The Labute approximate surface area is 199 Å². The average Bonchev–Trinajstić information content (AvgIpc) is 3.44. The molecule has 0 saturated heterocycles. The van der Waals surface area contributed by atoms with Crippen LogP contribution >= 0.6 is 11.3 Å². The van der Waals surface area contributed by atoms with E-state index in [1.165, 1.54) is 30.9 Å². The van der Waals surface area contributed by atoms with Gasteiger partial charge in [0.25, 0.3) is 0 Å². The first-order chi connectivity index (χ1) is 16.8. The third-order valence-corrected chi connectivity index (χ3v) is 7.71. The Morgan fingerprint density at radius 2 is 1.47 bits per heavy atom. The summed E-state index contributed by atoms with van der Waals surface area (Å²) in [7, 11) is 0. The molecular weight excluding hydrogens is 434 g/mol. The highest BCUT2D eigenvalue weighted by atomic mass is 32.1. The van der Waals surface area contributed by atoms with Crippen molar-refractivity contribution in [1.82, 2.24) is 9.55 Å². The van der Waals surface area contributed by atoms with Crippen LogP contribution in [0.4, 0.5) is 0 Å². The second-order valence-electron chi connectivity index (χ2n) is 8.36. The van der Waals surface area contributed by atoms with Gasteiger partial charge >= 0.3 is 0 Å². The average molecular weight is 452 g/mol. The molecule has 7 rings (SSSR count). The van der Waals surface area contributed by atoms with Crippen molar-refractivity contribution < 1.29 is 0 Å². The van der Waals surface area contributed by atoms with E-state index in [0.717, 1.165) is 27.8 Å². The first-order valence-corrected chi connectivity index (χ1v) is 11.9. The molecule has 3 nitrogen and oxygen atoms in total. The minimum atomic E-state index is 0.416. The van der Waals surface area contributed by atoms with Gasteiger partial charge in [-0.1, -0.05) is 72.8 Å². The molecule has 0 N–H and O–H groups in total. The fraction of sp³-hybridized carbons (Fsp3) is 0. The van der Waals surface area contributed by atoms with E-state index in [4.69, 9.17) is 0 Å². The van der Waals surface area contributed by atoms with Gasteiger partial charge in [-0.05, 0) is 29.8 Å². The molecule has 0 amide bonds. The normalized spacial score (nSPS) is 11.5. The molecule has 0 aliphatic rings. The van der Waals surface area contributed by atoms with Gasteiger partial charge < -0.3 is 4.57 Å². The standard InChI is InChI=1S/C30H17N3S/c31-17-24-27(16-20(18-32-24)19-8-2-1-3-9-19)33-25-12-6-4-11-23(25)29-26(33)15-14-22-21-10-5-7-13-28(21)34-30(22)29/h1-16,18H. The van der Waals surface area contributed by atoms with E-state index in [1.54, 1.807) is 6.20 Å². The number of nitriles is 1. The van der Waals surface area contributed by atoms with E-state index in [0.29, 0.717) is 5.69 Å². The summed E-state index contributed by atoms with van der Waals surface area (Å²) in [5.41, 5.74) is 5.45. The van der Waals surface area contributed by atoms with Crippen LogP contribution in [0, 0.1) is 11.3 Å². The lowest BCUT2D eigenvalue weighted by Gasteiger charge is -2.11. The van der Waals surface area contributed by atoms with Crippen LogP contribution in [0.1, 0.15) is 5.69 Å². The lowest BCUT2D eigenvalue weighted by Crippen LogP contribution is -2.00. The topological polar surface area (TPSA) is 41.6 Å². The summed E-state index contributed by atoms with van der Waals surface area (Å²) in [6, 6.07) is 36.0. The summed E-state index contributed by atoms with van der Waals surface area (Å²) in [6.45, 7) is 0. The molecule has 0 aliphatic heterocycles. The van der Waals surface area contributed by atoms with E-state index in [9.17, 15) is 5.26 Å². The predicted octanol–water partition coefficient (Wildman–Crippen LogP) is 8.09. The van der Waals surface area contributed by atoms with Crippen LogP contribution in [0.3, 0.4) is 0 Å². The predicted molar refractivity (Wildman–Crippen MR) is 142 cm³/mol. The van der Waals surface area contributed by atoms with Crippen molar-refractivity contribution in [1.29, 1.82) is 5.26 Å². The van der Waals surface area contributed by atoms with E-state index in [-0.39, 0.29) is 0 Å². The van der Waals surface area contributed by atoms with Crippen LogP contribution in [0.5, 0.6) is 0 Å². The van der Waals surface area contributed by atoms with Crippen molar-refractivity contribution in [3.05, 3.63) is 109 Å². The molecule has 0 spiro atoms. The first kappa shape index (κ1) is 19.0. The second kappa shape index (κ2) is 7.28. The summed E-state index contributed by atoms with van der Waals surface area (Å²) in [5.74, 6) is 0. The number of fused-ring (bicyclic) bond motifs is 7. The monoisotopic (exact) mass is 451 g/mol. The zero-order valence-corrected chi connectivity index (χ0v) is 18.9. The van der Waals surface area contributed by atoms with Crippen LogP contribution in [0.2, 0.25) is 0 Å². The van der Waals surface area contributed by atoms with E-state index in [1.807, 2.05) is 29.5 Å². The zero-order valence-electron chi connectivity index (χ0n) is 18.1. The van der Waals surface area contributed by atoms with Gasteiger partial charge in [-0.25, -0.2) is 4.98 Å². The van der Waals surface area contributed by atoms with Gasteiger partial charge in [0.2, 0.25) is 0 Å².